The quantitative estimate of drug-likeness (QED) is 0.261. The molecule has 0 aliphatic heterocycles. The van der Waals surface area contributed by atoms with Crippen molar-refractivity contribution in [2.45, 2.75) is 40.4 Å². The van der Waals surface area contributed by atoms with Gasteiger partial charge in [0.05, 0.1) is 5.71 Å². The smallest absolute Gasteiger partial charge is 0.373 e. The summed E-state index contributed by atoms with van der Waals surface area (Å²) in [5.74, 6) is 1.02. The average Bonchev–Trinajstić information content (AvgIpc) is 2.13. The van der Waals surface area contributed by atoms with E-state index >= 15 is 0 Å². The first kappa shape index (κ1) is 14.5. The Bertz CT molecular complexity index is 196. The van der Waals surface area contributed by atoms with E-state index in [0.29, 0.717) is 11.8 Å². The standard InChI is InChI=1S/C10H23BN2O2/c1-8(2)5-10(6-9(3)13-15)7-12-11(4)14/h8,10,12,14-15H,5-7H2,1-4H3/b13-9-. The predicted molar refractivity (Wildman–Crippen MR) is 64.3 cm³/mol. The number of hydrogen-bond donors (Lipinski definition) is 3. The maximum absolute atomic E-state index is 9.14. The van der Waals surface area contributed by atoms with Crippen molar-refractivity contribution in [3.05, 3.63) is 0 Å². The first-order valence-electron chi connectivity index (χ1n) is 5.54. The molecule has 0 spiro atoms. The summed E-state index contributed by atoms with van der Waals surface area (Å²) < 4.78 is 0. The molecule has 88 valence electrons. The monoisotopic (exact) mass is 214 g/mol. The van der Waals surface area contributed by atoms with Gasteiger partial charge in [0, 0.05) is 0 Å². The maximum atomic E-state index is 9.14. The highest BCUT2D eigenvalue weighted by atomic mass is 16.4. The van der Waals surface area contributed by atoms with Crippen LogP contribution in [0, 0.1) is 11.8 Å². The molecule has 0 fully saturated rings. The molecule has 1 atom stereocenters. The van der Waals surface area contributed by atoms with Gasteiger partial charge in [-0.15, -0.1) is 0 Å². The highest BCUT2D eigenvalue weighted by Crippen LogP contribution is 2.15. The molecular formula is C10H23BN2O2. The lowest BCUT2D eigenvalue weighted by Gasteiger charge is -2.19. The number of nitrogens with one attached hydrogen (secondary N) is 1. The summed E-state index contributed by atoms with van der Waals surface area (Å²) in [6, 6.07) is 0. The molecule has 0 radical (unpaired) electrons. The lowest BCUT2D eigenvalue weighted by Crippen LogP contribution is -2.35. The molecule has 0 aromatic heterocycles. The Balaban J connectivity index is 4.06. The van der Waals surface area contributed by atoms with Gasteiger partial charge in [0.25, 0.3) is 0 Å². The van der Waals surface area contributed by atoms with E-state index in [0.717, 1.165) is 25.1 Å². The number of oxime groups is 1. The molecule has 0 aliphatic carbocycles. The molecular weight excluding hydrogens is 191 g/mol. The minimum atomic E-state index is -0.481. The zero-order valence-electron chi connectivity index (χ0n) is 10.2. The molecule has 0 rings (SSSR count). The van der Waals surface area contributed by atoms with Crippen molar-refractivity contribution in [3.8, 4) is 0 Å². The van der Waals surface area contributed by atoms with Crippen LogP contribution in [-0.2, 0) is 0 Å². The largest absolute Gasteiger partial charge is 0.437 e. The molecule has 0 amide bonds. The molecule has 4 nitrogen and oxygen atoms in total. The van der Waals surface area contributed by atoms with E-state index < -0.39 is 7.05 Å². The van der Waals surface area contributed by atoms with Crippen LogP contribution in [0.4, 0.5) is 0 Å². The summed E-state index contributed by atoms with van der Waals surface area (Å²) in [5.41, 5.74) is 0.744. The third kappa shape index (κ3) is 8.45. The van der Waals surface area contributed by atoms with Gasteiger partial charge in [-0.05, 0) is 45.0 Å². The minimum absolute atomic E-state index is 0.412. The van der Waals surface area contributed by atoms with E-state index in [2.05, 4.69) is 24.2 Å². The molecule has 0 aromatic carbocycles. The second-order valence-corrected chi connectivity index (χ2v) is 4.62. The lowest BCUT2D eigenvalue weighted by atomic mass is 9.85. The Labute approximate surface area is 92.9 Å². The summed E-state index contributed by atoms with van der Waals surface area (Å²) in [5, 5.41) is 23.9. The summed E-state index contributed by atoms with van der Waals surface area (Å²) >= 11 is 0. The van der Waals surface area contributed by atoms with Gasteiger partial charge in [-0.3, -0.25) is 0 Å². The molecule has 0 heterocycles. The van der Waals surface area contributed by atoms with Crippen molar-refractivity contribution in [1.82, 2.24) is 5.23 Å². The van der Waals surface area contributed by atoms with Crippen LogP contribution in [0.5, 0.6) is 0 Å². The predicted octanol–water partition coefficient (Wildman–Crippen LogP) is 1.59. The van der Waals surface area contributed by atoms with Crippen LogP contribution >= 0.6 is 0 Å². The normalized spacial score (nSPS) is 14.4. The minimum Gasteiger partial charge on any atom is -0.437 e. The average molecular weight is 214 g/mol. The molecule has 5 heteroatoms. The van der Waals surface area contributed by atoms with Crippen molar-refractivity contribution in [2.24, 2.45) is 17.0 Å². The van der Waals surface area contributed by atoms with Crippen LogP contribution in [0.3, 0.4) is 0 Å². The van der Waals surface area contributed by atoms with E-state index in [9.17, 15) is 0 Å². The number of hydrogen-bond acceptors (Lipinski definition) is 4. The van der Waals surface area contributed by atoms with E-state index in [-0.39, 0.29) is 0 Å². The molecule has 15 heavy (non-hydrogen) atoms. The Morgan fingerprint density at radius 3 is 2.47 bits per heavy atom. The third-order valence-corrected chi connectivity index (χ3v) is 2.26. The van der Waals surface area contributed by atoms with Crippen molar-refractivity contribution >= 4 is 12.8 Å². The van der Waals surface area contributed by atoms with Gasteiger partial charge < -0.3 is 15.5 Å². The number of nitrogens with zero attached hydrogens (tertiary/aromatic N) is 1. The third-order valence-electron chi connectivity index (χ3n) is 2.26. The van der Waals surface area contributed by atoms with E-state index in [1.165, 1.54) is 0 Å². The Morgan fingerprint density at radius 2 is 2.07 bits per heavy atom. The van der Waals surface area contributed by atoms with Crippen LogP contribution in [0.1, 0.15) is 33.6 Å². The lowest BCUT2D eigenvalue weighted by molar-refractivity contribution is 0.313. The van der Waals surface area contributed by atoms with E-state index in [1.807, 2.05) is 6.92 Å². The van der Waals surface area contributed by atoms with Crippen molar-refractivity contribution < 1.29 is 10.2 Å². The fourth-order valence-corrected chi connectivity index (χ4v) is 1.70. The SMILES string of the molecule is CB(O)NCC(C/C(C)=N\O)CC(C)C. The van der Waals surface area contributed by atoms with Crippen molar-refractivity contribution in [2.75, 3.05) is 6.54 Å². The zero-order valence-corrected chi connectivity index (χ0v) is 10.2. The second-order valence-electron chi connectivity index (χ2n) is 4.62. The molecule has 0 aromatic rings. The highest BCUT2D eigenvalue weighted by Gasteiger charge is 2.14. The van der Waals surface area contributed by atoms with Crippen LogP contribution in [-0.4, -0.2) is 29.5 Å². The Hall–Kier alpha value is -0.545. The molecule has 0 bridgehead atoms. The Kier molecular flexibility index (Phi) is 7.43. The Morgan fingerprint density at radius 1 is 1.47 bits per heavy atom. The van der Waals surface area contributed by atoms with Crippen LogP contribution < -0.4 is 5.23 Å². The molecule has 0 saturated carbocycles. The van der Waals surface area contributed by atoms with Gasteiger partial charge in [-0.25, -0.2) is 0 Å². The first-order chi connectivity index (χ1) is 6.95. The van der Waals surface area contributed by atoms with Crippen LogP contribution in [0.2, 0.25) is 6.82 Å². The summed E-state index contributed by atoms with van der Waals surface area (Å²) in [7, 11) is -0.481. The van der Waals surface area contributed by atoms with Crippen molar-refractivity contribution in [1.29, 1.82) is 0 Å². The highest BCUT2D eigenvalue weighted by molar-refractivity contribution is 6.45. The first-order valence-corrected chi connectivity index (χ1v) is 5.54. The van der Waals surface area contributed by atoms with Crippen LogP contribution in [0.15, 0.2) is 5.16 Å². The summed E-state index contributed by atoms with van der Waals surface area (Å²) in [6.07, 6.45) is 1.83. The molecule has 0 aliphatic rings. The molecule has 0 saturated heterocycles. The van der Waals surface area contributed by atoms with Gasteiger partial charge in [-0.2, -0.15) is 0 Å². The van der Waals surface area contributed by atoms with Gasteiger partial charge in [-0.1, -0.05) is 19.0 Å². The van der Waals surface area contributed by atoms with Gasteiger partial charge in [0.1, 0.15) is 0 Å². The topological polar surface area (TPSA) is 64.8 Å². The van der Waals surface area contributed by atoms with Crippen molar-refractivity contribution in [3.63, 3.8) is 0 Å². The molecule has 1 unspecified atom stereocenters. The fourth-order valence-electron chi connectivity index (χ4n) is 1.70. The summed E-state index contributed by atoms with van der Waals surface area (Å²) in [4.78, 5) is 0. The molecule has 3 N–H and O–H groups in total. The zero-order chi connectivity index (χ0) is 11.8. The van der Waals surface area contributed by atoms with E-state index in [4.69, 9.17) is 10.2 Å². The summed E-state index contributed by atoms with van der Waals surface area (Å²) in [6.45, 7) is 8.61. The number of rotatable bonds is 7. The van der Waals surface area contributed by atoms with Gasteiger partial charge >= 0.3 is 7.05 Å². The second kappa shape index (κ2) is 7.71. The van der Waals surface area contributed by atoms with Gasteiger partial charge in [0.2, 0.25) is 0 Å². The van der Waals surface area contributed by atoms with E-state index in [1.54, 1.807) is 6.82 Å². The van der Waals surface area contributed by atoms with Gasteiger partial charge in [0.15, 0.2) is 0 Å². The van der Waals surface area contributed by atoms with Crippen LogP contribution in [0.25, 0.3) is 0 Å². The fraction of sp³-hybridized carbons (Fsp3) is 0.900. The maximum Gasteiger partial charge on any atom is 0.373 e.